The van der Waals surface area contributed by atoms with Crippen molar-refractivity contribution in [1.82, 2.24) is 14.8 Å². The van der Waals surface area contributed by atoms with E-state index in [1.54, 1.807) is 6.20 Å². The van der Waals surface area contributed by atoms with E-state index in [4.69, 9.17) is 11.6 Å². The minimum Gasteiger partial charge on any atom is -0.367 e. The van der Waals surface area contributed by atoms with E-state index in [-0.39, 0.29) is 5.91 Å². The molecule has 0 radical (unpaired) electrons. The fourth-order valence-corrected chi connectivity index (χ4v) is 4.28. The predicted octanol–water partition coefficient (Wildman–Crippen LogP) is 4.05. The maximum Gasteiger partial charge on any atom is 0.257 e. The third kappa shape index (κ3) is 4.47. The highest BCUT2D eigenvalue weighted by molar-refractivity contribution is 6.31. The lowest BCUT2D eigenvalue weighted by Gasteiger charge is -2.33. The van der Waals surface area contributed by atoms with Gasteiger partial charge in [-0.25, -0.2) is 4.98 Å². The number of pyridine rings is 1. The first kappa shape index (κ1) is 19.2. The number of nitrogens with zero attached hydrogens (tertiary/aromatic N) is 3. The maximum atomic E-state index is 12.8. The highest BCUT2D eigenvalue weighted by atomic mass is 35.5. The van der Waals surface area contributed by atoms with Gasteiger partial charge in [0.25, 0.3) is 5.91 Å². The summed E-state index contributed by atoms with van der Waals surface area (Å²) in [6, 6.07) is 12.1. The number of benzene rings is 1. The third-order valence-electron chi connectivity index (χ3n) is 5.71. The number of amides is 1. The summed E-state index contributed by atoms with van der Waals surface area (Å²) in [6.07, 6.45) is 6.00. The lowest BCUT2D eigenvalue weighted by molar-refractivity contribution is 0.0793. The molecule has 0 spiro atoms. The fourth-order valence-electron chi connectivity index (χ4n) is 4.08. The Morgan fingerprint density at radius 1 is 1.07 bits per heavy atom. The van der Waals surface area contributed by atoms with Crippen molar-refractivity contribution in [2.75, 3.05) is 31.5 Å². The molecule has 1 aromatic carbocycles. The van der Waals surface area contributed by atoms with Gasteiger partial charge in [-0.15, -0.1) is 0 Å². The van der Waals surface area contributed by atoms with E-state index in [1.807, 2.05) is 35.2 Å². The standard InChI is InChI=1S/C22H27ClN4O/c23-20-8-2-1-6-17(20)16-26-14-9-18(10-15-26)25-21-19(7-5-11-24-21)22(28)27-12-3-4-13-27/h1-2,5-8,11,18H,3-4,9-10,12-16H2,(H,24,25). The van der Waals surface area contributed by atoms with Crippen molar-refractivity contribution in [1.29, 1.82) is 0 Å². The van der Waals surface area contributed by atoms with Crippen LogP contribution in [0.15, 0.2) is 42.6 Å². The molecule has 2 aromatic rings. The second kappa shape index (κ2) is 8.93. The summed E-state index contributed by atoms with van der Waals surface area (Å²) >= 11 is 6.30. The van der Waals surface area contributed by atoms with E-state index >= 15 is 0 Å². The zero-order valence-electron chi connectivity index (χ0n) is 16.1. The van der Waals surface area contributed by atoms with E-state index in [9.17, 15) is 4.79 Å². The molecule has 4 rings (SSSR count). The third-order valence-corrected chi connectivity index (χ3v) is 6.08. The van der Waals surface area contributed by atoms with E-state index in [0.29, 0.717) is 11.6 Å². The number of rotatable bonds is 5. The number of hydrogen-bond donors (Lipinski definition) is 1. The molecule has 2 saturated heterocycles. The van der Waals surface area contributed by atoms with Crippen LogP contribution in [-0.4, -0.2) is 52.9 Å². The lowest BCUT2D eigenvalue weighted by atomic mass is 10.0. The summed E-state index contributed by atoms with van der Waals surface area (Å²) in [5.41, 5.74) is 1.88. The lowest BCUT2D eigenvalue weighted by Crippen LogP contribution is -2.39. The van der Waals surface area contributed by atoms with Crippen LogP contribution in [0.25, 0.3) is 0 Å². The first-order valence-electron chi connectivity index (χ1n) is 10.2. The van der Waals surface area contributed by atoms with Gasteiger partial charge in [0.2, 0.25) is 0 Å². The van der Waals surface area contributed by atoms with E-state index in [2.05, 4.69) is 21.3 Å². The first-order valence-corrected chi connectivity index (χ1v) is 10.5. The van der Waals surface area contributed by atoms with Crippen LogP contribution < -0.4 is 5.32 Å². The largest absolute Gasteiger partial charge is 0.367 e. The zero-order valence-corrected chi connectivity index (χ0v) is 16.9. The number of piperidine rings is 1. The molecule has 0 aliphatic carbocycles. The molecule has 0 unspecified atom stereocenters. The molecule has 6 heteroatoms. The molecule has 5 nitrogen and oxygen atoms in total. The van der Waals surface area contributed by atoms with Gasteiger partial charge in [-0.3, -0.25) is 9.69 Å². The number of anilines is 1. The molecule has 0 saturated carbocycles. The molecule has 1 N–H and O–H groups in total. The summed E-state index contributed by atoms with van der Waals surface area (Å²) in [6.45, 7) is 4.60. The molecule has 0 atom stereocenters. The number of likely N-dealkylation sites (tertiary alicyclic amines) is 2. The normalized spacial score (nSPS) is 18.4. The molecule has 28 heavy (non-hydrogen) atoms. The zero-order chi connectivity index (χ0) is 19.3. The first-order chi connectivity index (χ1) is 13.7. The van der Waals surface area contributed by atoms with Crippen LogP contribution in [0.2, 0.25) is 5.02 Å². The second-order valence-electron chi connectivity index (χ2n) is 7.69. The van der Waals surface area contributed by atoms with Gasteiger partial charge >= 0.3 is 0 Å². The topological polar surface area (TPSA) is 48.5 Å². The Balaban J connectivity index is 1.35. The van der Waals surface area contributed by atoms with Gasteiger partial charge in [-0.2, -0.15) is 0 Å². The summed E-state index contributed by atoms with van der Waals surface area (Å²) in [7, 11) is 0. The molecule has 2 fully saturated rings. The maximum absolute atomic E-state index is 12.8. The molecule has 1 amide bonds. The molecule has 1 aromatic heterocycles. The van der Waals surface area contributed by atoms with Gasteiger partial charge in [-0.1, -0.05) is 29.8 Å². The monoisotopic (exact) mass is 398 g/mol. The SMILES string of the molecule is O=C(c1cccnc1NC1CCN(Cc2ccccc2Cl)CC1)N1CCCC1. The van der Waals surface area contributed by atoms with Gasteiger partial charge in [0, 0.05) is 50.0 Å². The van der Waals surface area contributed by atoms with E-state index < -0.39 is 0 Å². The Morgan fingerprint density at radius 3 is 2.57 bits per heavy atom. The minimum absolute atomic E-state index is 0.101. The molecular formula is C22H27ClN4O. The molecule has 3 heterocycles. The van der Waals surface area contributed by atoms with Gasteiger partial charge in [0.1, 0.15) is 5.82 Å². The molecule has 148 valence electrons. The van der Waals surface area contributed by atoms with Crippen molar-refractivity contribution < 1.29 is 4.79 Å². The van der Waals surface area contributed by atoms with Crippen molar-refractivity contribution in [3.63, 3.8) is 0 Å². The predicted molar refractivity (Wildman–Crippen MR) is 113 cm³/mol. The van der Waals surface area contributed by atoms with Crippen LogP contribution in [0.3, 0.4) is 0 Å². The highest BCUT2D eigenvalue weighted by Gasteiger charge is 2.25. The number of carbonyl (C=O) groups excluding carboxylic acids is 1. The number of nitrogens with one attached hydrogen (secondary N) is 1. The van der Waals surface area contributed by atoms with Gasteiger partial charge in [0.15, 0.2) is 0 Å². The van der Waals surface area contributed by atoms with Gasteiger partial charge in [0.05, 0.1) is 5.56 Å². The Kier molecular flexibility index (Phi) is 6.13. The molecular weight excluding hydrogens is 372 g/mol. The fraction of sp³-hybridized carbons (Fsp3) is 0.455. The average Bonchev–Trinajstić information content (AvgIpc) is 3.26. The summed E-state index contributed by atoms with van der Waals surface area (Å²) in [4.78, 5) is 21.7. The molecule has 2 aliphatic heterocycles. The quantitative estimate of drug-likeness (QED) is 0.825. The smallest absolute Gasteiger partial charge is 0.257 e. The number of halogens is 1. The van der Waals surface area contributed by atoms with Crippen LogP contribution >= 0.6 is 11.6 Å². The van der Waals surface area contributed by atoms with Crippen LogP contribution in [0.4, 0.5) is 5.82 Å². The minimum atomic E-state index is 0.101. The Morgan fingerprint density at radius 2 is 1.82 bits per heavy atom. The average molecular weight is 399 g/mol. The van der Waals surface area contributed by atoms with Crippen molar-refractivity contribution in [2.45, 2.75) is 38.3 Å². The molecule has 0 bridgehead atoms. The highest BCUT2D eigenvalue weighted by Crippen LogP contribution is 2.23. The van der Waals surface area contributed by atoms with E-state index in [1.165, 1.54) is 5.56 Å². The Labute approximate surface area is 171 Å². The van der Waals surface area contributed by atoms with Crippen LogP contribution in [0.5, 0.6) is 0 Å². The van der Waals surface area contributed by atoms with E-state index in [0.717, 1.165) is 69.2 Å². The Hall–Kier alpha value is -2.11. The van der Waals surface area contributed by atoms with Crippen molar-refractivity contribution >= 4 is 23.3 Å². The van der Waals surface area contributed by atoms with Crippen molar-refractivity contribution in [3.8, 4) is 0 Å². The molecule has 2 aliphatic rings. The summed E-state index contributed by atoms with van der Waals surface area (Å²) in [5, 5.41) is 4.37. The number of hydrogen-bond acceptors (Lipinski definition) is 4. The van der Waals surface area contributed by atoms with Crippen molar-refractivity contribution in [2.24, 2.45) is 0 Å². The Bertz CT molecular complexity index is 814. The number of carbonyl (C=O) groups is 1. The van der Waals surface area contributed by atoms with Crippen LogP contribution in [-0.2, 0) is 6.54 Å². The van der Waals surface area contributed by atoms with Crippen molar-refractivity contribution in [3.05, 3.63) is 58.7 Å². The van der Waals surface area contributed by atoms with Gasteiger partial charge < -0.3 is 10.2 Å². The van der Waals surface area contributed by atoms with Crippen LogP contribution in [0, 0.1) is 0 Å². The number of aromatic nitrogens is 1. The summed E-state index contributed by atoms with van der Waals surface area (Å²) < 4.78 is 0. The van der Waals surface area contributed by atoms with Crippen LogP contribution in [0.1, 0.15) is 41.6 Å². The second-order valence-corrected chi connectivity index (χ2v) is 8.09. The van der Waals surface area contributed by atoms with Gasteiger partial charge in [-0.05, 0) is 49.4 Å². The summed E-state index contributed by atoms with van der Waals surface area (Å²) in [5.74, 6) is 0.827.